The number of hydrogen-bond donors (Lipinski definition) is 0. The second kappa shape index (κ2) is 8.20. The average Bonchev–Trinajstić information content (AvgIpc) is 3.29. The molecular formula is C21H27N3O4. The Balaban J connectivity index is 1.35. The molecule has 1 aliphatic carbocycles. The molecule has 0 radical (unpaired) electrons. The minimum atomic E-state index is 0.212. The molecule has 2 atom stereocenters. The molecule has 1 saturated carbocycles. The number of rotatable bonds is 7. The van der Waals surface area contributed by atoms with Crippen LogP contribution in [0, 0.1) is 5.92 Å². The van der Waals surface area contributed by atoms with Crippen molar-refractivity contribution in [2.75, 3.05) is 20.8 Å². The summed E-state index contributed by atoms with van der Waals surface area (Å²) < 4.78 is 16.4. The normalized spacial score (nSPS) is 21.0. The molecule has 2 fully saturated rings. The van der Waals surface area contributed by atoms with E-state index in [0.717, 1.165) is 30.0 Å². The van der Waals surface area contributed by atoms with Crippen LogP contribution in [0.4, 0.5) is 0 Å². The number of benzene rings is 1. The summed E-state index contributed by atoms with van der Waals surface area (Å²) in [5.41, 5.74) is 0.914. The summed E-state index contributed by atoms with van der Waals surface area (Å²) in [5.74, 6) is 3.42. The van der Waals surface area contributed by atoms with Crippen LogP contribution in [0.25, 0.3) is 0 Å². The quantitative estimate of drug-likeness (QED) is 0.729. The lowest BCUT2D eigenvalue weighted by Crippen LogP contribution is -2.35. The molecule has 0 unspecified atom stereocenters. The first-order valence-electron chi connectivity index (χ1n) is 9.98. The smallest absolute Gasteiger partial charge is 0.223 e. The molecule has 150 valence electrons. The van der Waals surface area contributed by atoms with E-state index < -0.39 is 0 Å². The lowest BCUT2D eigenvalue weighted by atomic mass is 9.90. The van der Waals surface area contributed by atoms with Gasteiger partial charge >= 0.3 is 0 Å². The summed E-state index contributed by atoms with van der Waals surface area (Å²) >= 11 is 0. The van der Waals surface area contributed by atoms with Crippen LogP contribution >= 0.6 is 0 Å². The molecule has 2 aliphatic rings. The third kappa shape index (κ3) is 3.98. The number of methoxy groups -OCH3 is 2. The summed E-state index contributed by atoms with van der Waals surface area (Å²) in [6.07, 6.45) is 6.20. The van der Waals surface area contributed by atoms with Crippen molar-refractivity contribution < 1.29 is 18.7 Å². The highest BCUT2D eigenvalue weighted by Crippen LogP contribution is 2.35. The third-order valence-electron chi connectivity index (χ3n) is 5.86. The Labute approximate surface area is 165 Å². The SMILES string of the molecule is COc1ccc(OC)c(Cc2nnc(CCC(=O)N3C[C@@H]4CCC[C@H]3C4)o2)c1. The van der Waals surface area contributed by atoms with E-state index in [1.165, 1.54) is 19.3 Å². The maximum atomic E-state index is 12.6. The van der Waals surface area contributed by atoms with Crippen molar-refractivity contribution in [1.29, 1.82) is 0 Å². The van der Waals surface area contributed by atoms with Gasteiger partial charge in [-0.15, -0.1) is 10.2 Å². The molecule has 1 aliphatic heterocycles. The van der Waals surface area contributed by atoms with Crippen molar-refractivity contribution in [1.82, 2.24) is 15.1 Å². The number of ether oxygens (including phenoxy) is 2. The van der Waals surface area contributed by atoms with Gasteiger partial charge in [0.05, 0.1) is 20.6 Å². The number of carbonyl (C=O) groups excluding carboxylic acids is 1. The van der Waals surface area contributed by atoms with E-state index in [1.54, 1.807) is 14.2 Å². The van der Waals surface area contributed by atoms with E-state index in [1.807, 2.05) is 18.2 Å². The highest BCUT2D eigenvalue weighted by Gasteiger charge is 2.37. The second-order valence-electron chi connectivity index (χ2n) is 7.68. The molecule has 1 aromatic heterocycles. The number of fused-ring (bicyclic) bond motifs is 2. The fourth-order valence-electron chi connectivity index (χ4n) is 4.45. The fourth-order valence-corrected chi connectivity index (χ4v) is 4.45. The molecule has 2 heterocycles. The van der Waals surface area contributed by atoms with Crippen molar-refractivity contribution >= 4 is 5.91 Å². The van der Waals surface area contributed by atoms with Crippen LogP contribution in [0.1, 0.15) is 49.4 Å². The Morgan fingerprint density at radius 3 is 2.86 bits per heavy atom. The molecule has 1 aromatic carbocycles. The average molecular weight is 385 g/mol. The first-order chi connectivity index (χ1) is 13.7. The summed E-state index contributed by atoms with van der Waals surface area (Å²) in [4.78, 5) is 14.7. The van der Waals surface area contributed by atoms with Crippen LogP contribution in [-0.4, -0.2) is 47.8 Å². The monoisotopic (exact) mass is 385 g/mol. The van der Waals surface area contributed by atoms with Crippen LogP contribution in [0.5, 0.6) is 11.5 Å². The lowest BCUT2D eigenvalue weighted by molar-refractivity contribution is -0.132. The zero-order valence-electron chi connectivity index (χ0n) is 16.5. The summed E-state index contributed by atoms with van der Waals surface area (Å²) in [6, 6.07) is 6.05. The van der Waals surface area contributed by atoms with Crippen molar-refractivity contribution in [3.05, 3.63) is 35.5 Å². The van der Waals surface area contributed by atoms with E-state index in [9.17, 15) is 4.79 Å². The van der Waals surface area contributed by atoms with Crippen molar-refractivity contribution in [3.8, 4) is 11.5 Å². The van der Waals surface area contributed by atoms with Crippen LogP contribution in [-0.2, 0) is 17.6 Å². The first kappa shape index (κ1) is 18.8. The number of likely N-dealkylation sites (tertiary alicyclic amines) is 1. The molecule has 2 aromatic rings. The van der Waals surface area contributed by atoms with Gasteiger partial charge < -0.3 is 18.8 Å². The van der Waals surface area contributed by atoms with Gasteiger partial charge in [0.1, 0.15) is 11.5 Å². The molecule has 1 saturated heterocycles. The predicted molar refractivity (Wildman–Crippen MR) is 102 cm³/mol. The molecule has 2 bridgehead atoms. The second-order valence-corrected chi connectivity index (χ2v) is 7.68. The molecule has 7 nitrogen and oxygen atoms in total. The van der Waals surface area contributed by atoms with Crippen LogP contribution < -0.4 is 9.47 Å². The Morgan fingerprint density at radius 2 is 2.07 bits per heavy atom. The van der Waals surface area contributed by atoms with Crippen LogP contribution in [0.2, 0.25) is 0 Å². The molecule has 0 spiro atoms. The van der Waals surface area contributed by atoms with Gasteiger partial charge in [0.2, 0.25) is 17.7 Å². The first-order valence-corrected chi connectivity index (χ1v) is 9.98. The van der Waals surface area contributed by atoms with Gasteiger partial charge in [-0.2, -0.15) is 0 Å². The topological polar surface area (TPSA) is 77.7 Å². The Bertz CT molecular complexity index is 835. The number of aromatic nitrogens is 2. The largest absolute Gasteiger partial charge is 0.497 e. The molecule has 1 amide bonds. The molecular weight excluding hydrogens is 358 g/mol. The zero-order valence-corrected chi connectivity index (χ0v) is 16.5. The molecule has 4 rings (SSSR count). The van der Waals surface area contributed by atoms with Gasteiger partial charge in [0.15, 0.2) is 0 Å². The van der Waals surface area contributed by atoms with Crippen molar-refractivity contribution in [3.63, 3.8) is 0 Å². The minimum absolute atomic E-state index is 0.212. The van der Waals surface area contributed by atoms with Gasteiger partial charge in [-0.1, -0.05) is 6.42 Å². The van der Waals surface area contributed by atoms with E-state index in [-0.39, 0.29) is 5.91 Å². The molecule has 28 heavy (non-hydrogen) atoms. The number of aryl methyl sites for hydroxylation is 1. The number of amides is 1. The Kier molecular flexibility index (Phi) is 5.50. The standard InChI is InChI=1S/C21H27N3O4/c1-26-17-6-7-18(27-2)15(11-17)12-20-23-22-19(28-20)8-9-21(25)24-13-14-4-3-5-16(24)10-14/h6-7,11,14,16H,3-5,8-10,12-13H2,1-2H3/t14-,16+/m1/s1. The van der Waals surface area contributed by atoms with Crippen LogP contribution in [0.15, 0.2) is 22.6 Å². The minimum Gasteiger partial charge on any atom is -0.497 e. The van der Waals surface area contributed by atoms with Gasteiger partial charge in [-0.3, -0.25) is 4.79 Å². The Morgan fingerprint density at radius 1 is 1.21 bits per heavy atom. The predicted octanol–water partition coefficient (Wildman–Crippen LogP) is 3.01. The summed E-state index contributed by atoms with van der Waals surface area (Å²) in [5, 5.41) is 8.25. The van der Waals surface area contributed by atoms with E-state index in [0.29, 0.717) is 43.0 Å². The number of hydrogen-bond acceptors (Lipinski definition) is 6. The maximum absolute atomic E-state index is 12.6. The fraction of sp³-hybridized carbons (Fsp3) is 0.571. The summed E-state index contributed by atoms with van der Waals surface area (Å²) in [7, 11) is 3.25. The van der Waals surface area contributed by atoms with Gasteiger partial charge in [0.25, 0.3) is 0 Å². The highest BCUT2D eigenvalue weighted by atomic mass is 16.5. The van der Waals surface area contributed by atoms with E-state index in [2.05, 4.69) is 15.1 Å². The van der Waals surface area contributed by atoms with E-state index >= 15 is 0 Å². The highest BCUT2D eigenvalue weighted by molar-refractivity contribution is 5.77. The molecule has 7 heteroatoms. The van der Waals surface area contributed by atoms with E-state index in [4.69, 9.17) is 13.9 Å². The third-order valence-corrected chi connectivity index (χ3v) is 5.86. The van der Waals surface area contributed by atoms with Gasteiger partial charge in [-0.25, -0.2) is 0 Å². The zero-order chi connectivity index (χ0) is 19.5. The Hall–Kier alpha value is -2.57. The lowest BCUT2D eigenvalue weighted by Gasteiger charge is -2.24. The molecule has 0 N–H and O–H groups in total. The summed E-state index contributed by atoms with van der Waals surface area (Å²) in [6.45, 7) is 0.925. The number of carbonyl (C=O) groups is 1. The number of nitrogens with zero attached hydrogens (tertiary/aromatic N) is 3. The van der Waals surface area contributed by atoms with Crippen molar-refractivity contribution in [2.45, 2.75) is 51.0 Å². The maximum Gasteiger partial charge on any atom is 0.223 e. The van der Waals surface area contributed by atoms with Crippen molar-refractivity contribution in [2.24, 2.45) is 5.92 Å². The van der Waals surface area contributed by atoms with Gasteiger partial charge in [-0.05, 0) is 43.4 Å². The van der Waals surface area contributed by atoms with Crippen LogP contribution in [0.3, 0.4) is 0 Å². The van der Waals surface area contributed by atoms with Gasteiger partial charge in [0, 0.05) is 31.0 Å².